The smallest absolute Gasteiger partial charge is 0.273 e. The van der Waals surface area contributed by atoms with Crippen LogP contribution in [0.5, 0.6) is 0 Å². The minimum absolute atomic E-state index is 0.0527. The summed E-state index contributed by atoms with van der Waals surface area (Å²) in [4.78, 5) is 3.85. The van der Waals surface area contributed by atoms with Crippen LogP contribution in [0.15, 0.2) is 18.5 Å². The van der Waals surface area contributed by atoms with Crippen molar-refractivity contribution in [3.8, 4) is 0 Å². The fourth-order valence-corrected chi connectivity index (χ4v) is 5.02. The Hall–Kier alpha value is -1.43. The number of hydrogen-bond acceptors (Lipinski definition) is 7. The van der Waals surface area contributed by atoms with E-state index in [0.717, 1.165) is 15.3 Å². The standard InChI is InChI=1S/C22H33F2N3O4S/c1-15-10-31-14-22(30,20(23)24)18-6-16(2)32-19(18)4-5-26(15)8-17-7-25-27(9-17)11-21(3,12-28)13-29/h6-7,9,15,20,28-30H,4-5,8,10-14H2,1-3H3/t15-,22+/m0/s1. The molecule has 0 saturated carbocycles. The van der Waals surface area contributed by atoms with Gasteiger partial charge in [0.2, 0.25) is 0 Å². The number of aliphatic hydroxyl groups is 3. The maximum absolute atomic E-state index is 13.8. The first-order valence-electron chi connectivity index (χ1n) is 10.8. The molecule has 0 spiro atoms. The van der Waals surface area contributed by atoms with Crippen LogP contribution in [0.3, 0.4) is 0 Å². The Morgan fingerprint density at radius 2 is 2.09 bits per heavy atom. The monoisotopic (exact) mass is 473 g/mol. The van der Waals surface area contributed by atoms with Crippen molar-refractivity contribution in [1.82, 2.24) is 14.7 Å². The number of halogens is 2. The van der Waals surface area contributed by atoms with E-state index in [4.69, 9.17) is 4.74 Å². The van der Waals surface area contributed by atoms with E-state index in [1.807, 2.05) is 20.0 Å². The summed E-state index contributed by atoms with van der Waals surface area (Å²) in [6.45, 7) is 6.70. The molecule has 1 aliphatic rings. The average molecular weight is 474 g/mol. The second kappa shape index (κ2) is 10.2. The van der Waals surface area contributed by atoms with Crippen LogP contribution in [0.2, 0.25) is 0 Å². The molecule has 180 valence electrons. The van der Waals surface area contributed by atoms with E-state index in [9.17, 15) is 24.1 Å². The van der Waals surface area contributed by atoms with Gasteiger partial charge in [-0.15, -0.1) is 11.3 Å². The molecule has 0 fully saturated rings. The minimum atomic E-state index is -2.93. The van der Waals surface area contributed by atoms with Gasteiger partial charge in [0, 0.05) is 51.6 Å². The van der Waals surface area contributed by atoms with Crippen LogP contribution in [-0.4, -0.2) is 75.4 Å². The second-order valence-corrected chi connectivity index (χ2v) is 10.5. The lowest BCUT2D eigenvalue weighted by Gasteiger charge is -2.33. The number of thiophene rings is 1. The number of aromatic nitrogens is 2. The third-order valence-corrected chi connectivity index (χ3v) is 7.18. The highest BCUT2D eigenvalue weighted by Gasteiger charge is 2.43. The number of alkyl halides is 2. The number of aryl methyl sites for hydroxylation is 1. The summed E-state index contributed by atoms with van der Waals surface area (Å²) in [6.07, 6.45) is 1.27. The van der Waals surface area contributed by atoms with Crippen molar-refractivity contribution < 1.29 is 28.8 Å². The van der Waals surface area contributed by atoms with Gasteiger partial charge in [0.15, 0.2) is 5.60 Å². The zero-order chi connectivity index (χ0) is 23.5. The molecule has 1 aliphatic heterocycles. The van der Waals surface area contributed by atoms with Gasteiger partial charge in [0.25, 0.3) is 6.43 Å². The molecule has 0 saturated heterocycles. The van der Waals surface area contributed by atoms with Gasteiger partial charge in [-0.1, -0.05) is 6.92 Å². The molecule has 0 bridgehead atoms. The molecular formula is C22H33F2N3O4S. The quantitative estimate of drug-likeness (QED) is 0.571. The molecule has 0 amide bonds. The maximum atomic E-state index is 13.8. The van der Waals surface area contributed by atoms with Crippen molar-refractivity contribution in [2.75, 3.05) is 33.0 Å². The fraction of sp³-hybridized carbons (Fsp3) is 0.682. The van der Waals surface area contributed by atoms with Crippen LogP contribution in [0, 0.1) is 12.3 Å². The van der Waals surface area contributed by atoms with Crippen molar-refractivity contribution in [3.05, 3.63) is 39.3 Å². The molecule has 32 heavy (non-hydrogen) atoms. The van der Waals surface area contributed by atoms with Crippen LogP contribution in [0.25, 0.3) is 0 Å². The normalized spacial score (nSPS) is 23.5. The van der Waals surface area contributed by atoms with E-state index in [0.29, 0.717) is 26.1 Å². The number of rotatable bonds is 7. The van der Waals surface area contributed by atoms with Gasteiger partial charge in [-0.3, -0.25) is 9.58 Å². The molecule has 0 aliphatic carbocycles. The lowest BCUT2D eigenvalue weighted by molar-refractivity contribution is -0.148. The van der Waals surface area contributed by atoms with Crippen LogP contribution >= 0.6 is 11.3 Å². The highest BCUT2D eigenvalue weighted by atomic mass is 32.1. The summed E-state index contributed by atoms with van der Waals surface area (Å²) in [6, 6.07) is 1.59. The zero-order valence-corrected chi connectivity index (χ0v) is 19.6. The molecule has 10 heteroatoms. The Balaban J connectivity index is 1.77. The van der Waals surface area contributed by atoms with Crippen molar-refractivity contribution in [2.45, 2.75) is 58.3 Å². The fourth-order valence-electron chi connectivity index (χ4n) is 3.91. The molecule has 7 nitrogen and oxygen atoms in total. The summed E-state index contributed by atoms with van der Waals surface area (Å²) < 4.78 is 34.9. The van der Waals surface area contributed by atoms with Crippen LogP contribution in [-0.2, 0) is 29.8 Å². The van der Waals surface area contributed by atoms with E-state index in [1.54, 1.807) is 23.9 Å². The molecule has 3 N–H and O–H groups in total. The Morgan fingerprint density at radius 3 is 2.75 bits per heavy atom. The van der Waals surface area contributed by atoms with Gasteiger partial charge >= 0.3 is 0 Å². The molecule has 0 unspecified atom stereocenters. The van der Waals surface area contributed by atoms with Crippen molar-refractivity contribution in [1.29, 1.82) is 0 Å². The molecule has 2 aromatic rings. The number of ether oxygens (including phenoxy) is 1. The molecule has 0 radical (unpaired) electrons. The van der Waals surface area contributed by atoms with E-state index < -0.39 is 24.0 Å². The highest BCUT2D eigenvalue weighted by Crippen LogP contribution is 2.37. The van der Waals surface area contributed by atoms with E-state index in [2.05, 4.69) is 10.00 Å². The minimum Gasteiger partial charge on any atom is -0.396 e. The van der Waals surface area contributed by atoms with Gasteiger partial charge in [0.1, 0.15) is 0 Å². The molecule has 0 aromatic carbocycles. The molecule has 2 atom stereocenters. The van der Waals surface area contributed by atoms with E-state index in [-0.39, 0.29) is 31.4 Å². The van der Waals surface area contributed by atoms with E-state index >= 15 is 0 Å². The van der Waals surface area contributed by atoms with Gasteiger partial charge in [-0.2, -0.15) is 5.10 Å². The third-order valence-electron chi connectivity index (χ3n) is 6.07. The first kappa shape index (κ1) is 25.2. The highest BCUT2D eigenvalue weighted by molar-refractivity contribution is 7.12. The van der Waals surface area contributed by atoms with Crippen LogP contribution in [0.1, 0.15) is 34.7 Å². The SMILES string of the molecule is Cc1cc2c(s1)CCN(Cc1cnn(CC(C)(CO)CO)c1)[C@@H](C)COC[C@]2(O)C(F)F. The Labute approximate surface area is 191 Å². The number of hydrogen-bond donors (Lipinski definition) is 3. The van der Waals surface area contributed by atoms with Crippen molar-refractivity contribution in [2.24, 2.45) is 5.41 Å². The van der Waals surface area contributed by atoms with Gasteiger partial charge in [-0.05, 0) is 26.3 Å². The van der Waals surface area contributed by atoms with Crippen molar-refractivity contribution in [3.63, 3.8) is 0 Å². The molecule has 3 heterocycles. The molecule has 2 aromatic heterocycles. The predicted octanol–water partition coefficient (Wildman–Crippen LogP) is 2.16. The van der Waals surface area contributed by atoms with Crippen LogP contribution < -0.4 is 0 Å². The molecule has 3 rings (SSSR count). The van der Waals surface area contributed by atoms with Gasteiger partial charge in [-0.25, -0.2) is 8.78 Å². The van der Waals surface area contributed by atoms with Crippen molar-refractivity contribution >= 4 is 11.3 Å². The predicted molar refractivity (Wildman–Crippen MR) is 118 cm³/mol. The summed E-state index contributed by atoms with van der Waals surface area (Å²) in [5.74, 6) is 0. The first-order chi connectivity index (χ1) is 15.1. The second-order valence-electron chi connectivity index (χ2n) is 9.18. The number of fused-ring (bicyclic) bond motifs is 1. The maximum Gasteiger partial charge on any atom is 0.273 e. The Morgan fingerprint density at radius 1 is 1.38 bits per heavy atom. The van der Waals surface area contributed by atoms with Gasteiger partial charge in [0.05, 0.1) is 39.2 Å². The first-order valence-corrected chi connectivity index (χ1v) is 11.6. The van der Waals surface area contributed by atoms with E-state index in [1.165, 1.54) is 11.3 Å². The zero-order valence-electron chi connectivity index (χ0n) is 18.8. The average Bonchev–Trinajstić information content (AvgIpc) is 3.35. The largest absolute Gasteiger partial charge is 0.396 e. The lowest BCUT2D eigenvalue weighted by atomic mass is 9.93. The number of aliphatic hydroxyl groups excluding tert-OH is 2. The third kappa shape index (κ3) is 5.55. The van der Waals surface area contributed by atoms with Crippen LogP contribution in [0.4, 0.5) is 8.78 Å². The van der Waals surface area contributed by atoms with Gasteiger partial charge < -0.3 is 20.1 Å². The Kier molecular flexibility index (Phi) is 8.06. The Bertz CT molecular complexity index is 886. The summed E-state index contributed by atoms with van der Waals surface area (Å²) >= 11 is 1.43. The lowest BCUT2D eigenvalue weighted by Crippen LogP contribution is -2.44. The number of nitrogens with zero attached hydrogens (tertiary/aromatic N) is 3. The summed E-state index contributed by atoms with van der Waals surface area (Å²) in [5, 5.41) is 34.1. The summed E-state index contributed by atoms with van der Waals surface area (Å²) in [7, 11) is 0. The topological polar surface area (TPSA) is 91.0 Å². The molecular weight excluding hydrogens is 440 g/mol. The summed E-state index contributed by atoms with van der Waals surface area (Å²) in [5.41, 5.74) is -1.71.